The molecule has 4 nitrogen and oxygen atoms in total. The Kier molecular flexibility index (Phi) is 4.81. The number of hydrogen-bond donors (Lipinski definition) is 0. The van der Waals surface area contributed by atoms with E-state index in [1.54, 1.807) is 24.3 Å². The SMILES string of the molecule is O=S(=O)(Cc1ncc(-c2ccccc2)o1)c1ccc(Cl)c(C(F)(F)F)c1. The van der Waals surface area contributed by atoms with E-state index in [2.05, 4.69) is 4.98 Å². The topological polar surface area (TPSA) is 60.2 Å². The van der Waals surface area contributed by atoms with Gasteiger partial charge in [-0.05, 0) is 18.2 Å². The van der Waals surface area contributed by atoms with Crippen molar-refractivity contribution < 1.29 is 26.0 Å². The van der Waals surface area contributed by atoms with Gasteiger partial charge in [0, 0.05) is 5.56 Å². The fourth-order valence-corrected chi connectivity index (χ4v) is 3.70. The van der Waals surface area contributed by atoms with Gasteiger partial charge in [-0.15, -0.1) is 0 Å². The number of benzene rings is 2. The normalized spacial score (nSPS) is 12.3. The minimum atomic E-state index is -4.76. The van der Waals surface area contributed by atoms with E-state index in [-0.39, 0.29) is 5.89 Å². The molecule has 9 heteroatoms. The lowest BCUT2D eigenvalue weighted by Crippen LogP contribution is -2.10. The maximum Gasteiger partial charge on any atom is 0.417 e. The molecule has 0 saturated carbocycles. The van der Waals surface area contributed by atoms with Gasteiger partial charge in [-0.3, -0.25) is 0 Å². The van der Waals surface area contributed by atoms with E-state index in [1.165, 1.54) is 6.20 Å². The van der Waals surface area contributed by atoms with Crippen LogP contribution in [-0.2, 0) is 21.8 Å². The number of oxazole rings is 1. The van der Waals surface area contributed by atoms with Gasteiger partial charge in [0.15, 0.2) is 15.6 Å². The Morgan fingerprint density at radius 1 is 1.08 bits per heavy atom. The summed E-state index contributed by atoms with van der Waals surface area (Å²) in [6.07, 6.45) is -3.39. The molecule has 0 N–H and O–H groups in total. The van der Waals surface area contributed by atoms with Gasteiger partial charge in [-0.2, -0.15) is 13.2 Å². The second-order valence-electron chi connectivity index (χ2n) is 5.38. The van der Waals surface area contributed by atoms with Crippen molar-refractivity contribution in [2.24, 2.45) is 0 Å². The Morgan fingerprint density at radius 3 is 2.42 bits per heavy atom. The molecule has 0 unspecified atom stereocenters. The third kappa shape index (κ3) is 3.91. The van der Waals surface area contributed by atoms with Crippen molar-refractivity contribution in [1.82, 2.24) is 4.98 Å². The monoisotopic (exact) mass is 401 g/mol. The van der Waals surface area contributed by atoms with Crippen molar-refractivity contribution >= 4 is 21.4 Å². The maximum atomic E-state index is 12.9. The minimum absolute atomic E-state index is 0.118. The van der Waals surface area contributed by atoms with Crippen molar-refractivity contribution in [3.63, 3.8) is 0 Å². The molecule has 2 aromatic carbocycles. The molecule has 0 amide bonds. The average molecular weight is 402 g/mol. The molecule has 0 aliphatic carbocycles. The van der Waals surface area contributed by atoms with Crippen LogP contribution in [0, 0.1) is 0 Å². The van der Waals surface area contributed by atoms with Crippen LogP contribution in [0.3, 0.4) is 0 Å². The lowest BCUT2D eigenvalue weighted by molar-refractivity contribution is -0.137. The number of rotatable bonds is 4. The number of nitrogens with zero attached hydrogens (tertiary/aromatic N) is 1. The molecule has 26 heavy (non-hydrogen) atoms. The second kappa shape index (κ2) is 6.77. The van der Waals surface area contributed by atoms with Crippen molar-refractivity contribution in [2.75, 3.05) is 0 Å². The average Bonchev–Trinajstić information content (AvgIpc) is 3.02. The fraction of sp³-hybridized carbons (Fsp3) is 0.118. The number of alkyl halides is 3. The first-order valence-corrected chi connectivity index (χ1v) is 9.29. The van der Waals surface area contributed by atoms with Crippen molar-refractivity contribution in [3.05, 3.63) is 71.2 Å². The predicted octanol–water partition coefficient (Wildman–Crippen LogP) is 4.99. The van der Waals surface area contributed by atoms with Crippen LogP contribution in [-0.4, -0.2) is 13.4 Å². The summed E-state index contributed by atoms with van der Waals surface area (Å²) in [5, 5.41) is -0.570. The first-order valence-electron chi connectivity index (χ1n) is 7.26. The zero-order valence-electron chi connectivity index (χ0n) is 13.0. The van der Waals surface area contributed by atoms with E-state index in [1.807, 2.05) is 6.07 Å². The summed E-state index contributed by atoms with van der Waals surface area (Å²) in [6.45, 7) is 0. The number of halogens is 4. The molecular weight excluding hydrogens is 391 g/mol. The Bertz CT molecular complexity index is 1030. The molecule has 0 fully saturated rings. The molecular formula is C17H11ClF3NO3S. The third-order valence-corrected chi connectivity index (χ3v) is 5.46. The largest absolute Gasteiger partial charge is 0.440 e. The number of hydrogen-bond acceptors (Lipinski definition) is 4. The Labute approximate surface area is 152 Å². The van der Waals surface area contributed by atoms with Crippen molar-refractivity contribution in [2.45, 2.75) is 16.8 Å². The van der Waals surface area contributed by atoms with E-state index >= 15 is 0 Å². The van der Waals surface area contributed by atoms with Gasteiger partial charge in [-0.25, -0.2) is 13.4 Å². The van der Waals surface area contributed by atoms with Crippen LogP contribution in [0.1, 0.15) is 11.5 Å². The molecule has 0 spiro atoms. The molecule has 1 heterocycles. The molecule has 0 bridgehead atoms. The van der Waals surface area contributed by atoms with Crippen molar-refractivity contribution in [1.29, 1.82) is 0 Å². The number of aromatic nitrogens is 1. The third-order valence-electron chi connectivity index (χ3n) is 3.53. The standard InChI is InChI=1S/C17H11ClF3NO3S/c18-14-7-6-12(8-13(14)17(19,20)21)26(23,24)10-16-22-9-15(25-16)11-4-2-1-3-5-11/h1-9H,10H2. The van der Waals surface area contributed by atoms with Gasteiger partial charge >= 0.3 is 6.18 Å². The first kappa shape index (κ1) is 18.5. The van der Waals surface area contributed by atoms with E-state index in [4.69, 9.17) is 16.0 Å². The fourth-order valence-electron chi connectivity index (χ4n) is 2.27. The maximum absolute atomic E-state index is 12.9. The van der Waals surface area contributed by atoms with Crippen LogP contribution in [0.5, 0.6) is 0 Å². The van der Waals surface area contributed by atoms with E-state index in [9.17, 15) is 21.6 Å². The number of sulfone groups is 1. The lowest BCUT2D eigenvalue weighted by atomic mass is 10.2. The molecule has 0 saturated heterocycles. The molecule has 0 atom stereocenters. The van der Waals surface area contributed by atoms with Gasteiger partial charge in [0.25, 0.3) is 0 Å². The molecule has 136 valence electrons. The first-order chi connectivity index (χ1) is 12.2. The highest BCUT2D eigenvalue weighted by atomic mass is 35.5. The highest BCUT2D eigenvalue weighted by molar-refractivity contribution is 7.90. The van der Waals surface area contributed by atoms with Gasteiger partial charge < -0.3 is 4.42 Å². The van der Waals surface area contributed by atoms with Gasteiger partial charge in [0.2, 0.25) is 5.89 Å². The van der Waals surface area contributed by atoms with Crippen molar-refractivity contribution in [3.8, 4) is 11.3 Å². The van der Waals surface area contributed by atoms with Crippen LogP contribution >= 0.6 is 11.6 Å². The molecule has 1 aromatic heterocycles. The molecule has 0 aliphatic heterocycles. The smallest absolute Gasteiger partial charge is 0.417 e. The van der Waals surface area contributed by atoms with Crippen LogP contribution in [0.2, 0.25) is 5.02 Å². The second-order valence-corrected chi connectivity index (χ2v) is 7.78. The summed E-state index contributed by atoms with van der Waals surface area (Å²) in [6, 6.07) is 11.3. The van der Waals surface area contributed by atoms with E-state index < -0.39 is 37.2 Å². The molecule has 0 radical (unpaired) electrons. The molecule has 0 aliphatic rings. The highest BCUT2D eigenvalue weighted by Crippen LogP contribution is 2.36. The lowest BCUT2D eigenvalue weighted by Gasteiger charge is -2.10. The highest BCUT2D eigenvalue weighted by Gasteiger charge is 2.34. The quantitative estimate of drug-likeness (QED) is 0.618. The predicted molar refractivity (Wildman–Crippen MR) is 89.3 cm³/mol. The van der Waals surface area contributed by atoms with Crippen LogP contribution in [0.25, 0.3) is 11.3 Å². The van der Waals surface area contributed by atoms with E-state index in [0.29, 0.717) is 17.4 Å². The summed E-state index contributed by atoms with van der Waals surface area (Å²) in [5.41, 5.74) is -0.507. The molecule has 3 aromatic rings. The Balaban J connectivity index is 1.90. The summed E-state index contributed by atoms with van der Waals surface area (Å²) >= 11 is 5.52. The minimum Gasteiger partial charge on any atom is -0.440 e. The Hall–Kier alpha value is -2.32. The summed E-state index contributed by atoms with van der Waals surface area (Å²) < 4.78 is 69.0. The Morgan fingerprint density at radius 2 is 1.77 bits per heavy atom. The van der Waals surface area contributed by atoms with Gasteiger partial charge in [0.05, 0.1) is 21.7 Å². The summed E-state index contributed by atoms with van der Waals surface area (Å²) in [7, 11) is -4.10. The summed E-state index contributed by atoms with van der Waals surface area (Å²) in [5.74, 6) is -0.422. The summed E-state index contributed by atoms with van der Waals surface area (Å²) in [4.78, 5) is 3.39. The zero-order valence-corrected chi connectivity index (χ0v) is 14.6. The van der Waals surface area contributed by atoms with Crippen LogP contribution < -0.4 is 0 Å². The van der Waals surface area contributed by atoms with Crippen LogP contribution in [0.15, 0.2) is 64.0 Å². The van der Waals surface area contributed by atoms with Gasteiger partial charge in [0.1, 0.15) is 5.75 Å². The van der Waals surface area contributed by atoms with Gasteiger partial charge in [-0.1, -0.05) is 41.9 Å². The zero-order chi connectivity index (χ0) is 18.9. The molecule has 3 rings (SSSR count). The van der Waals surface area contributed by atoms with E-state index in [0.717, 1.165) is 12.1 Å². The van der Waals surface area contributed by atoms with Crippen LogP contribution in [0.4, 0.5) is 13.2 Å².